The Bertz CT molecular complexity index is 507. The Morgan fingerprint density at radius 2 is 2.14 bits per heavy atom. The SMILES string of the molecule is COC(C)c1noc(CN2CCC(NC(=O)C3CC3)CC2)n1. The monoisotopic (exact) mass is 308 g/mol. The van der Waals surface area contributed by atoms with Gasteiger partial charge >= 0.3 is 0 Å². The molecule has 1 unspecified atom stereocenters. The van der Waals surface area contributed by atoms with Gasteiger partial charge in [-0.05, 0) is 32.6 Å². The Labute approximate surface area is 130 Å². The predicted octanol–water partition coefficient (Wildman–Crippen LogP) is 1.27. The van der Waals surface area contributed by atoms with Gasteiger partial charge in [0.25, 0.3) is 0 Å². The van der Waals surface area contributed by atoms with Gasteiger partial charge < -0.3 is 14.6 Å². The van der Waals surface area contributed by atoms with E-state index in [0.29, 0.717) is 24.3 Å². The van der Waals surface area contributed by atoms with Crippen molar-refractivity contribution in [3.63, 3.8) is 0 Å². The lowest BCUT2D eigenvalue weighted by Gasteiger charge is -2.31. The van der Waals surface area contributed by atoms with E-state index in [1.165, 1.54) is 0 Å². The second-order valence-corrected chi connectivity index (χ2v) is 6.26. The third-order valence-corrected chi connectivity index (χ3v) is 4.44. The lowest BCUT2D eigenvalue weighted by molar-refractivity contribution is -0.123. The molecule has 1 saturated heterocycles. The minimum absolute atomic E-state index is 0.152. The van der Waals surface area contributed by atoms with Crippen molar-refractivity contribution in [3.05, 3.63) is 11.7 Å². The molecule has 1 amide bonds. The Balaban J connectivity index is 1.43. The maximum Gasteiger partial charge on any atom is 0.240 e. The molecule has 1 aliphatic carbocycles. The van der Waals surface area contributed by atoms with Crippen molar-refractivity contribution >= 4 is 5.91 Å². The Hall–Kier alpha value is -1.47. The number of rotatable bonds is 6. The number of likely N-dealkylation sites (tertiary alicyclic amines) is 1. The molecule has 1 aromatic heterocycles. The molecule has 2 fully saturated rings. The van der Waals surface area contributed by atoms with Crippen molar-refractivity contribution in [3.8, 4) is 0 Å². The molecule has 2 heterocycles. The molecule has 7 nitrogen and oxygen atoms in total. The number of nitrogens with one attached hydrogen (secondary N) is 1. The van der Waals surface area contributed by atoms with Gasteiger partial charge in [-0.15, -0.1) is 0 Å². The molecule has 22 heavy (non-hydrogen) atoms. The number of nitrogens with zero attached hydrogens (tertiary/aromatic N) is 3. The fourth-order valence-corrected chi connectivity index (χ4v) is 2.69. The van der Waals surface area contributed by atoms with Crippen LogP contribution in [0.4, 0.5) is 0 Å². The molecule has 2 aliphatic rings. The summed E-state index contributed by atoms with van der Waals surface area (Å²) < 4.78 is 10.4. The van der Waals surface area contributed by atoms with Gasteiger partial charge in [-0.2, -0.15) is 4.98 Å². The van der Waals surface area contributed by atoms with E-state index in [2.05, 4.69) is 20.4 Å². The molecule has 0 aromatic carbocycles. The third kappa shape index (κ3) is 3.84. The largest absolute Gasteiger partial charge is 0.374 e. The second kappa shape index (κ2) is 6.75. The van der Waals surface area contributed by atoms with E-state index in [0.717, 1.165) is 38.8 Å². The summed E-state index contributed by atoms with van der Waals surface area (Å²) in [7, 11) is 1.63. The molecule has 1 saturated carbocycles. The summed E-state index contributed by atoms with van der Waals surface area (Å²) in [4.78, 5) is 18.4. The van der Waals surface area contributed by atoms with Crippen LogP contribution in [0, 0.1) is 5.92 Å². The Morgan fingerprint density at radius 3 is 2.77 bits per heavy atom. The van der Waals surface area contributed by atoms with E-state index in [-0.39, 0.29) is 17.9 Å². The topological polar surface area (TPSA) is 80.5 Å². The number of hydrogen-bond donors (Lipinski definition) is 1. The van der Waals surface area contributed by atoms with Crippen molar-refractivity contribution in [2.45, 2.75) is 51.3 Å². The van der Waals surface area contributed by atoms with Gasteiger partial charge in [-0.25, -0.2) is 0 Å². The molecule has 3 rings (SSSR count). The highest BCUT2D eigenvalue weighted by Crippen LogP contribution is 2.29. The lowest BCUT2D eigenvalue weighted by Crippen LogP contribution is -2.44. The van der Waals surface area contributed by atoms with Gasteiger partial charge in [-0.3, -0.25) is 9.69 Å². The molecule has 122 valence electrons. The fourth-order valence-electron chi connectivity index (χ4n) is 2.69. The van der Waals surface area contributed by atoms with Crippen molar-refractivity contribution in [1.29, 1.82) is 0 Å². The molecule has 1 aromatic rings. The summed E-state index contributed by atoms with van der Waals surface area (Å²) >= 11 is 0. The van der Waals surface area contributed by atoms with Gasteiger partial charge in [0.1, 0.15) is 6.10 Å². The van der Waals surface area contributed by atoms with Crippen LogP contribution in [0.1, 0.15) is 50.4 Å². The van der Waals surface area contributed by atoms with Crippen molar-refractivity contribution in [1.82, 2.24) is 20.4 Å². The summed E-state index contributed by atoms with van der Waals surface area (Å²) in [5.74, 6) is 1.75. The fraction of sp³-hybridized carbons (Fsp3) is 0.800. The van der Waals surface area contributed by atoms with E-state index < -0.39 is 0 Å². The molecule has 0 bridgehead atoms. The molecule has 1 atom stereocenters. The summed E-state index contributed by atoms with van der Waals surface area (Å²) in [6, 6.07) is 0.316. The van der Waals surface area contributed by atoms with Crippen molar-refractivity contribution in [2.75, 3.05) is 20.2 Å². The first-order chi connectivity index (χ1) is 10.7. The van der Waals surface area contributed by atoms with Crippen LogP contribution < -0.4 is 5.32 Å². The first kappa shape index (κ1) is 15.4. The van der Waals surface area contributed by atoms with Crippen LogP contribution >= 0.6 is 0 Å². The van der Waals surface area contributed by atoms with Crippen LogP contribution in [0.5, 0.6) is 0 Å². The van der Waals surface area contributed by atoms with Crippen LogP contribution in [-0.4, -0.2) is 47.2 Å². The van der Waals surface area contributed by atoms with E-state index in [1.807, 2.05) is 6.92 Å². The first-order valence-electron chi connectivity index (χ1n) is 8.03. The van der Waals surface area contributed by atoms with Crippen molar-refractivity contribution in [2.24, 2.45) is 5.92 Å². The van der Waals surface area contributed by atoms with Crippen LogP contribution in [0.15, 0.2) is 4.52 Å². The standard InChI is InChI=1S/C15H24N4O3/c1-10(21-2)14-17-13(22-18-14)9-19-7-5-12(6-8-19)16-15(20)11-3-4-11/h10-12H,3-9H2,1-2H3,(H,16,20). The molecule has 1 aliphatic heterocycles. The number of aromatic nitrogens is 2. The highest BCUT2D eigenvalue weighted by Gasteiger charge is 2.31. The smallest absolute Gasteiger partial charge is 0.240 e. The lowest BCUT2D eigenvalue weighted by atomic mass is 10.0. The minimum Gasteiger partial charge on any atom is -0.374 e. The Kier molecular flexibility index (Phi) is 4.73. The first-order valence-corrected chi connectivity index (χ1v) is 8.03. The third-order valence-electron chi connectivity index (χ3n) is 4.44. The number of methoxy groups -OCH3 is 1. The van der Waals surface area contributed by atoms with E-state index in [1.54, 1.807) is 7.11 Å². The van der Waals surface area contributed by atoms with Gasteiger partial charge in [-0.1, -0.05) is 5.16 Å². The van der Waals surface area contributed by atoms with Crippen LogP contribution in [0.3, 0.4) is 0 Å². The molecule has 1 N–H and O–H groups in total. The maximum atomic E-state index is 11.8. The van der Waals surface area contributed by atoms with Gasteiger partial charge in [0, 0.05) is 32.2 Å². The number of ether oxygens (including phenoxy) is 1. The number of piperidine rings is 1. The van der Waals surface area contributed by atoms with Crippen molar-refractivity contribution < 1.29 is 14.1 Å². The molecular formula is C15H24N4O3. The zero-order chi connectivity index (χ0) is 15.5. The predicted molar refractivity (Wildman–Crippen MR) is 78.9 cm³/mol. The highest BCUT2D eigenvalue weighted by atomic mass is 16.5. The zero-order valence-corrected chi connectivity index (χ0v) is 13.2. The summed E-state index contributed by atoms with van der Waals surface area (Å²) in [6.07, 6.45) is 3.93. The maximum absolute atomic E-state index is 11.8. The second-order valence-electron chi connectivity index (χ2n) is 6.26. The summed E-state index contributed by atoms with van der Waals surface area (Å²) in [5.41, 5.74) is 0. The Morgan fingerprint density at radius 1 is 1.41 bits per heavy atom. The quantitative estimate of drug-likeness (QED) is 0.852. The van der Waals surface area contributed by atoms with Gasteiger partial charge in [0.15, 0.2) is 5.82 Å². The number of carbonyl (C=O) groups excluding carboxylic acids is 1. The summed E-state index contributed by atoms with van der Waals surface area (Å²) in [5, 5.41) is 7.10. The highest BCUT2D eigenvalue weighted by molar-refractivity contribution is 5.81. The average Bonchev–Trinajstić information content (AvgIpc) is 3.29. The number of amides is 1. The van der Waals surface area contributed by atoms with Crippen LogP contribution in [0.2, 0.25) is 0 Å². The van der Waals surface area contributed by atoms with Gasteiger partial charge in [0.2, 0.25) is 11.8 Å². The summed E-state index contributed by atoms with van der Waals surface area (Å²) in [6.45, 7) is 4.43. The number of carbonyl (C=O) groups is 1. The van der Waals surface area contributed by atoms with Crippen LogP contribution in [0.25, 0.3) is 0 Å². The zero-order valence-electron chi connectivity index (χ0n) is 13.2. The van der Waals surface area contributed by atoms with Gasteiger partial charge in [0.05, 0.1) is 6.54 Å². The normalized spacial score (nSPS) is 21.7. The molecule has 0 radical (unpaired) electrons. The van der Waals surface area contributed by atoms with E-state index in [9.17, 15) is 4.79 Å². The van der Waals surface area contributed by atoms with E-state index in [4.69, 9.17) is 9.26 Å². The molecular weight excluding hydrogens is 284 g/mol. The average molecular weight is 308 g/mol. The molecule has 7 heteroatoms. The number of hydrogen-bond acceptors (Lipinski definition) is 6. The van der Waals surface area contributed by atoms with E-state index >= 15 is 0 Å². The molecule has 0 spiro atoms. The minimum atomic E-state index is -0.152. The van der Waals surface area contributed by atoms with Crippen LogP contribution in [-0.2, 0) is 16.1 Å².